The highest BCUT2D eigenvalue weighted by molar-refractivity contribution is 7.98. The Morgan fingerprint density at radius 2 is 2.16 bits per heavy atom. The van der Waals surface area contributed by atoms with Crippen LogP contribution in [0.4, 0.5) is 0 Å². The number of thioether (sulfide) groups is 1. The normalized spacial score (nSPS) is 10.6. The number of imidazole rings is 1. The molecule has 0 fully saturated rings. The van der Waals surface area contributed by atoms with Crippen LogP contribution in [0.5, 0.6) is 5.75 Å². The summed E-state index contributed by atoms with van der Waals surface area (Å²) in [6, 6.07) is 7.45. The molecule has 1 aromatic heterocycles. The Morgan fingerprint density at radius 1 is 1.32 bits per heavy atom. The Balaban J connectivity index is 1.60. The van der Waals surface area contributed by atoms with Gasteiger partial charge in [0.2, 0.25) is 0 Å². The van der Waals surface area contributed by atoms with Crippen molar-refractivity contribution >= 4 is 23.4 Å². The smallest absolute Gasteiger partial charge is 0.323 e. The molecule has 0 unspecified atom stereocenters. The number of H-pyrrole nitrogens is 2. The van der Waals surface area contributed by atoms with Gasteiger partial charge in [-0.1, -0.05) is 23.7 Å². The first-order valence-electron chi connectivity index (χ1n) is 5.97. The second-order valence-electron chi connectivity index (χ2n) is 3.95. The molecule has 0 aliphatic carbocycles. The minimum Gasteiger partial charge on any atom is -0.492 e. The maximum atomic E-state index is 10.9. The number of ether oxygens (including phenoxy) is 1. The van der Waals surface area contributed by atoms with Gasteiger partial charge in [0.15, 0.2) is 0 Å². The van der Waals surface area contributed by atoms with Gasteiger partial charge in [0, 0.05) is 17.6 Å². The van der Waals surface area contributed by atoms with Gasteiger partial charge in [-0.15, -0.1) is 0 Å². The number of hydrogen-bond acceptors (Lipinski definition) is 3. The second-order valence-corrected chi connectivity index (χ2v) is 5.47. The van der Waals surface area contributed by atoms with Crippen molar-refractivity contribution in [3.8, 4) is 5.75 Å². The van der Waals surface area contributed by atoms with E-state index >= 15 is 0 Å². The quantitative estimate of drug-likeness (QED) is 0.772. The van der Waals surface area contributed by atoms with E-state index < -0.39 is 0 Å². The number of nitrogens with one attached hydrogen (secondary N) is 2. The molecule has 0 aliphatic rings. The molecule has 0 spiro atoms. The largest absolute Gasteiger partial charge is 0.492 e. The van der Waals surface area contributed by atoms with Crippen molar-refractivity contribution in [2.24, 2.45) is 0 Å². The molecular formula is C13H15ClN2O2S. The Labute approximate surface area is 120 Å². The summed E-state index contributed by atoms with van der Waals surface area (Å²) < 4.78 is 5.58. The van der Waals surface area contributed by atoms with Crippen LogP contribution in [0, 0.1) is 0 Å². The van der Waals surface area contributed by atoms with Crippen LogP contribution in [0.15, 0.2) is 35.3 Å². The molecule has 102 valence electrons. The third kappa shape index (κ3) is 4.69. The number of rotatable bonds is 7. The van der Waals surface area contributed by atoms with Gasteiger partial charge < -0.3 is 14.7 Å². The first-order valence-corrected chi connectivity index (χ1v) is 7.50. The summed E-state index contributed by atoms with van der Waals surface area (Å²) in [6.45, 7) is 0.639. The number of hydrogen-bond donors (Lipinski definition) is 2. The third-order valence-electron chi connectivity index (χ3n) is 2.44. The van der Waals surface area contributed by atoms with Crippen LogP contribution in [0.25, 0.3) is 0 Å². The Morgan fingerprint density at radius 3 is 2.89 bits per heavy atom. The van der Waals surface area contributed by atoms with E-state index in [0.29, 0.717) is 11.6 Å². The molecule has 0 saturated heterocycles. The van der Waals surface area contributed by atoms with Gasteiger partial charge in [-0.3, -0.25) is 0 Å². The predicted octanol–water partition coefficient (Wildman–Crippen LogP) is 3.06. The monoisotopic (exact) mass is 298 g/mol. The van der Waals surface area contributed by atoms with E-state index in [-0.39, 0.29) is 5.69 Å². The average molecular weight is 299 g/mol. The minimum absolute atomic E-state index is 0.155. The van der Waals surface area contributed by atoms with Crippen LogP contribution in [0.3, 0.4) is 0 Å². The standard InChI is InChI=1S/C13H15ClN2O2S/c14-11-4-1-2-5-12(11)18-6-3-7-19-9-10-8-15-13(17)16-10/h1-2,4-5,8H,3,6-7,9H2,(H2,15,16,17). The molecule has 2 rings (SSSR count). The van der Waals surface area contributed by atoms with E-state index in [4.69, 9.17) is 16.3 Å². The van der Waals surface area contributed by atoms with Crippen molar-refractivity contribution in [2.45, 2.75) is 12.2 Å². The van der Waals surface area contributed by atoms with Crippen LogP contribution < -0.4 is 10.4 Å². The number of para-hydroxylation sites is 1. The number of benzene rings is 1. The van der Waals surface area contributed by atoms with Gasteiger partial charge in [-0.25, -0.2) is 4.79 Å². The first kappa shape index (κ1) is 14.1. The molecule has 2 aromatic rings. The molecule has 0 aliphatic heterocycles. The topological polar surface area (TPSA) is 57.9 Å². The highest BCUT2D eigenvalue weighted by Gasteiger charge is 2.00. The van der Waals surface area contributed by atoms with Crippen molar-refractivity contribution in [1.82, 2.24) is 9.97 Å². The van der Waals surface area contributed by atoms with Gasteiger partial charge in [0.1, 0.15) is 5.75 Å². The Bertz CT molecular complexity index is 568. The van der Waals surface area contributed by atoms with Gasteiger partial charge in [-0.2, -0.15) is 11.8 Å². The van der Waals surface area contributed by atoms with Crippen molar-refractivity contribution in [3.63, 3.8) is 0 Å². The van der Waals surface area contributed by atoms with E-state index in [1.54, 1.807) is 18.0 Å². The summed E-state index contributed by atoms with van der Waals surface area (Å²) in [5.74, 6) is 2.49. The zero-order valence-corrected chi connectivity index (χ0v) is 11.9. The highest BCUT2D eigenvalue weighted by Crippen LogP contribution is 2.23. The van der Waals surface area contributed by atoms with Crippen molar-refractivity contribution in [3.05, 3.63) is 51.7 Å². The maximum Gasteiger partial charge on any atom is 0.323 e. The number of aromatic nitrogens is 2. The van der Waals surface area contributed by atoms with Crippen LogP contribution in [0.2, 0.25) is 5.02 Å². The van der Waals surface area contributed by atoms with Gasteiger partial charge in [-0.05, 0) is 24.3 Å². The lowest BCUT2D eigenvalue weighted by Crippen LogP contribution is -2.01. The summed E-state index contributed by atoms with van der Waals surface area (Å²) in [6.07, 6.45) is 2.64. The van der Waals surface area contributed by atoms with Gasteiger partial charge in [0.25, 0.3) is 0 Å². The SMILES string of the molecule is O=c1[nH]cc(CSCCCOc2ccccc2Cl)[nH]1. The van der Waals surface area contributed by atoms with E-state index in [1.165, 1.54) is 0 Å². The van der Waals surface area contributed by atoms with E-state index in [0.717, 1.165) is 29.4 Å². The van der Waals surface area contributed by atoms with Crippen LogP contribution in [0.1, 0.15) is 12.1 Å². The lowest BCUT2D eigenvalue weighted by atomic mass is 10.3. The minimum atomic E-state index is -0.155. The highest BCUT2D eigenvalue weighted by atomic mass is 35.5. The molecule has 0 saturated carbocycles. The van der Waals surface area contributed by atoms with Gasteiger partial charge in [0.05, 0.1) is 11.6 Å². The lowest BCUT2D eigenvalue weighted by Gasteiger charge is -2.07. The fraction of sp³-hybridized carbons (Fsp3) is 0.308. The molecule has 19 heavy (non-hydrogen) atoms. The average Bonchev–Trinajstić information content (AvgIpc) is 2.81. The van der Waals surface area contributed by atoms with E-state index in [9.17, 15) is 4.79 Å². The summed E-state index contributed by atoms with van der Waals surface area (Å²) in [4.78, 5) is 16.2. The third-order valence-corrected chi connectivity index (χ3v) is 3.84. The Hall–Kier alpha value is -1.33. The molecule has 2 N–H and O–H groups in total. The molecule has 1 heterocycles. The van der Waals surface area contributed by atoms with Crippen LogP contribution in [-0.4, -0.2) is 22.3 Å². The number of aromatic amines is 2. The molecule has 0 amide bonds. The Kier molecular flexibility index (Phi) is 5.42. The summed E-state index contributed by atoms with van der Waals surface area (Å²) in [5.41, 5.74) is 0.764. The lowest BCUT2D eigenvalue weighted by molar-refractivity contribution is 0.319. The zero-order valence-electron chi connectivity index (χ0n) is 10.3. The molecular weight excluding hydrogens is 284 g/mol. The second kappa shape index (κ2) is 7.31. The molecule has 4 nitrogen and oxygen atoms in total. The predicted molar refractivity (Wildman–Crippen MR) is 79.1 cm³/mol. The number of halogens is 1. The summed E-state index contributed by atoms with van der Waals surface area (Å²) in [7, 11) is 0. The zero-order chi connectivity index (χ0) is 13.5. The van der Waals surface area contributed by atoms with Gasteiger partial charge >= 0.3 is 5.69 Å². The van der Waals surface area contributed by atoms with Crippen LogP contribution >= 0.6 is 23.4 Å². The first-order chi connectivity index (χ1) is 9.25. The maximum absolute atomic E-state index is 10.9. The van der Waals surface area contributed by atoms with Crippen molar-refractivity contribution in [1.29, 1.82) is 0 Å². The molecule has 0 atom stereocenters. The fourth-order valence-electron chi connectivity index (χ4n) is 1.54. The van der Waals surface area contributed by atoms with Crippen molar-refractivity contribution < 1.29 is 4.74 Å². The molecule has 6 heteroatoms. The van der Waals surface area contributed by atoms with E-state index in [1.807, 2.05) is 24.3 Å². The molecule has 0 radical (unpaired) electrons. The van der Waals surface area contributed by atoms with E-state index in [2.05, 4.69) is 9.97 Å². The molecule has 0 bridgehead atoms. The van der Waals surface area contributed by atoms with Crippen LogP contribution in [-0.2, 0) is 5.75 Å². The van der Waals surface area contributed by atoms with Crippen molar-refractivity contribution in [2.75, 3.05) is 12.4 Å². The summed E-state index contributed by atoms with van der Waals surface area (Å²) in [5, 5.41) is 0.639. The molecule has 1 aromatic carbocycles. The fourth-order valence-corrected chi connectivity index (χ4v) is 2.57. The summed E-state index contributed by atoms with van der Waals surface area (Å²) >= 11 is 7.74.